The molecule has 0 heterocycles. The minimum Gasteiger partial charge on any atom is -0.466 e. The molecule has 0 N–H and O–H groups in total. The van der Waals surface area contributed by atoms with Gasteiger partial charge in [-0.2, -0.15) is 0 Å². The van der Waals surface area contributed by atoms with E-state index in [1.807, 2.05) is 0 Å². The van der Waals surface area contributed by atoms with E-state index >= 15 is 0 Å². The number of rotatable bonds is 14. The molecule has 0 aromatic rings. The predicted molar refractivity (Wildman–Crippen MR) is 88.6 cm³/mol. The molecular weight excluding hydrogens is 280 g/mol. The van der Waals surface area contributed by atoms with E-state index in [9.17, 15) is 9.59 Å². The average Bonchev–Trinajstić information content (AvgIpc) is 2.50. The number of hydrogen-bond acceptors (Lipinski definition) is 4. The van der Waals surface area contributed by atoms with Crippen molar-refractivity contribution in [3.05, 3.63) is 0 Å². The van der Waals surface area contributed by atoms with Gasteiger partial charge in [0.25, 0.3) is 0 Å². The summed E-state index contributed by atoms with van der Waals surface area (Å²) in [4.78, 5) is 22.4. The number of unbranched alkanes of at least 4 members (excludes halogenated alkanes) is 10. The number of ether oxygens (including phenoxy) is 2. The molecule has 0 aromatic carbocycles. The van der Waals surface area contributed by atoms with Gasteiger partial charge in [-0.25, -0.2) is 4.79 Å². The van der Waals surface area contributed by atoms with Crippen molar-refractivity contribution in [2.75, 3.05) is 7.11 Å². The second-order valence-corrected chi connectivity index (χ2v) is 5.95. The van der Waals surface area contributed by atoms with E-state index in [-0.39, 0.29) is 0 Å². The second kappa shape index (κ2) is 14.9. The van der Waals surface area contributed by atoms with E-state index in [4.69, 9.17) is 4.74 Å². The summed E-state index contributed by atoms with van der Waals surface area (Å²) in [6.45, 7) is 3.56. The highest BCUT2D eigenvalue weighted by molar-refractivity contribution is 5.78. The van der Waals surface area contributed by atoms with Gasteiger partial charge in [-0.05, 0) is 12.8 Å². The Hall–Kier alpha value is -1.06. The normalized spacial score (nSPS) is 12.0. The first-order valence-corrected chi connectivity index (χ1v) is 8.86. The molecule has 0 saturated carbocycles. The molecule has 0 saturated heterocycles. The summed E-state index contributed by atoms with van der Waals surface area (Å²) >= 11 is 0. The largest absolute Gasteiger partial charge is 0.466 e. The highest BCUT2D eigenvalue weighted by Crippen LogP contribution is 2.14. The van der Waals surface area contributed by atoms with Gasteiger partial charge in [-0.1, -0.05) is 71.1 Å². The molecule has 1 unspecified atom stereocenters. The summed E-state index contributed by atoms with van der Waals surface area (Å²) < 4.78 is 9.63. The molecule has 0 aliphatic rings. The molecule has 0 bridgehead atoms. The van der Waals surface area contributed by atoms with Crippen molar-refractivity contribution in [2.45, 2.75) is 97.0 Å². The lowest BCUT2D eigenvalue weighted by Crippen LogP contribution is -2.27. The molecule has 0 amide bonds. The molecule has 4 nitrogen and oxygen atoms in total. The van der Waals surface area contributed by atoms with Crippen molar-refractivity contribution >= 4 is 11.9 Å². The SMILES string of the molecule is CCCCCCCCCCCCCC(OC(C)=O)C(=O)OC. The fraction of sp³-hybridized carbons (Fsp3) is 0.889. The Morgan fingerprint density at radius 1 is 0.818 bits per heavy atom. The minimum absolute atomic E-state index is 0.432. The number of hydrogen-bond donors (Lipinski definition) is 0. The molecule has 0 aliphatic heterocycles. The highest BCUT2D eigenvalue weighted by Gasteiger charge is 2.21. The van der Waals surface area contributed by atoms with Crippen molar-refractivity contribution in [3.8, 4) is 0 Å². The van der Waals surface area contributed by atoms with E-state index in [1.54, 1.807) is 0 Å². The maximum absolute atomic E-state index is 11.5. The number of methoxy groups -OCH3 is 1. The van der Waals surface area contributed by atoms with Crippen LogP contribution in [-0.2, 0) is 19.1 Å². The van der Waals surface area contributed by atoms with Crippen molar-refractivity contribution in [2.24, 2.45) is 0 Å². The third-order valence-corrected chi connectivity index (χ3v) is 3.84. The van der Waals surface area contributed by atoms with Crippen LogP contribution < -0.4 is 0 Å². The van der Waals surface area contributed by atoms with Gasteiger partial charge >= 0.3 is 11.9 Å². The van der Waals surface area contributed by atoms with E-state index in [1.165, 1.54) is 71.8 Å². The monoisotopic (exact) mass is 314 g/mol. The van der Waals surface area contributed by atoms with Gasteiger partial charge in [0, 0.05) is 6.92 Å². The number of carbonyl (C=O) groups is 2. The first-order chi connectivity index (χ1) is 10.6. The third-order valence-electron chi connectivity index (χ3n) is 3.84. The van der Waals surface area contributed by atoms with E-state index in [2.05, 4.69) is 11.7 Å². The van der Waals surface area contributed by atoms with Crippen LogP contribution in [0, 0.1) is 0 Å². The zero-order valence-electron chi connectivity index (χ0n) is 14.7. The maximum Gasteiger partial charge on any atom is 0.347 e. The smallest absolute Gasteiger partial charge is 0.347 e. The maximum atomic E-state index is 11.5. The second-order valence-electron chi connectivity index (χ2n) is 5.95. The molecule has 0 radical (unpaired) electrons. The van der Waals surface area contributed by atoms with Crippen LogP contribution in [0.1, 0.15) is 90.9 Å². The Balaban J connectivity index is 3.49. The Bertz CT molecular complexity index is 289. The van der Waals surface area contributed by atoms with Crippen molar-refractivity contribution in [1.29, 1.82) is 0 Å². The molecule has 1 atom stereocenters. The highest BCUT2D eigenvalue weighted by atomic mass is 16.6. The Labute approximate surface area is 135 Å². The van der Waals surface area contributed by atoms with Gasteiger partial charge in [0.15, 0.2) is 6.10 Å². The summed E-state index contributed by atoms with van der Waals surface area (Å²) in [6, 6.07) is 0. The van der Waals surface area contributed by atoms with Crippen molar-refractivity contribution in [1.82, 2.24) is 0 Å². The molecule has 130 valence electrons. The van der Waals surface area contributed by atoms with Crippen molar-refractivity contribution < 1.29 is 19.1 Å². The molecule has 0 spiro atoms. The predicted octanol–water partition coefficient (Wildman–Crippen LogP) is 4.79. The minimum atomic E-state index is -0.735. The Morgan fingerprint density at radius 3 is 1.68 bits per heavy atom. The molecule has 0 aromatic heterocycles. The summed E-state index contributed by atoms with van der Waals surface area (Å²) in [6.07, 6.45) is 13.6. The summed E-state index contributed by atoms with van der Waals surface area (Å²) in [5, 5.41) is 0. The van der Waals surface area contributed by atoms with Crippen LogP contribution in [0.5, 0.6) is 0 Å². The van der Waals surface area contributed by atoms with Gasteiger partial charge in [0.05, 0.1) is 7.11 Å². The Morgan fingerprint density at radius 2 is 1.27 bits per heavy atom. The summed E-state index contributed by atoms with van der Waals surface area (Å²) in [5.41, 5.74) is 0. The lowest BCUT2D eigenvalue weighted by Gasteiger charge is -2.14. The third kappa shape index (κ3) is 12.7. The standard InChI is InChI=1S/C18H34O4/c1-4-5-6-7-8-9-10-11-12-13-14-15-17(18(20)21-3)22-16(2)19/h17H,4-15H2,1-3H3. The number of esters is 2. The van der Waals surface area contributed by atoms with Gasteiger partial charge in [-0.3, -0.25) is 4.79 Å². The van der Waals surface area contributed by atoms with Gasteiger partial charge < -0.3 is 9.47 Å². The first-order valence-electron chi connectivity index (χ1n) is 8.86. The van der Waals surface area contributed by atoms with Crippen LogP contribution in [0.15, 0.2) is 0 Å². The zero-order chi connectivity index (χ0) is 16.6. The lowest BCUT2D eigenvalue weighted by atomic mass is 10.0. The van der Waals surface area contributed by atoms with Crippen LogP contribution in [0.2, 0.25) is 0 Å². The van der Waals surface area contributed by atoms with Crippen LogP contribution in [0.25, 0.3) is 0 Å². The Kier molecular flexibility index (Phi) is 14.1. The van der Waals surface area contributed by atoms with Crippen molar-refractivity contribution in [3.63, 3.8) is 0 Å². The number of carbonyl (C=O) groups excluding carboxylic acids is 2. The first kappa shape index (κ1) is 20.9. The molecule has 22 heavy (non-hydrogen) atoms. The fourth-order valence-electron chi connectivity index (χ4n) is 2.55. The molecule has 0 rings (SSSR count). The van der Waals surface area contributed by atoms with Gasteiger partial charge in [-0.15, -0.1) is 0 Å². The fourth-order valence-corrected chi connectivity index (χ4v) is 2.55. The van der Waals surface area contributed by atoms with Crippen LogP contribution in [0.3, 0.4) is 0 Å². The van der Waals surface area contributed by atoms with E-state index < -0.39 is 18.0 Å². The van der Waals surface area contributed by atoms with Crippen LogP contribution in [-0.4, -0.2) is 25.2 Å². The molecule has 0 fully saturated rings. The zero-order valence-corrected chi connectivity index (χ0v) is 14.7. The van der Waals surface area contributed by atoms with E-state index in [0.717, 1.165) is 12.8 Å². The molecule has 0 aliphatic carbocycles. The van der Waals surface area contributed by atoms with E-state index in [0.29, 0.717) is 6.42 Å². The quantitative estimate of drug-likeness (QED) is 0.341. The van der Waals surface area contributed by atoms with Gasteiger partial charge in [0.2, 0.25) is 0 Å². The van der Waals surface area contributed by atoms with Crippen LogP contribution in [0.4, 0.5) is 0 Å². The van der Waals surface area contributed by atoms with Gasteiger partial charge in [0.1, 0.15) is 0 Å². The summed E-state index contributed by atoms with van der Waals surface area (Å²) in [7, 11) is 1.32. The lowest BCUT2D eigenvalue weighted by molar-refractivity contribution is -0.165. The molecule has 4 heteroatoms. The molecular formula is C18H34O4. The summed E-state index contributed by atoms with van der Waals surface area (Å²) in [5.74, 6) is -0.888. The topological polar surface area (TPSA) is 52.6 Å². The van der Waals surface area contributed by atoms with Crippen LogP contribution >= 0.6 is 0 Å². The average molecular weight is 314 g/mol.